The first-order valence-electron chi connectivity index (χ1n) is 22.3. The molecule has 19 heteroatoms. The van der Waals surface area contributed by atoms with Crippen LogP contribution in [0.15, 0.2) is 23.6 Å². The number of rotatable bonds is 27. The van der Waals surface area contributed by atoms with Gasteiger partial charge in [0.2, 0.25) is 17.7 Å². The number of likely N-dealkylation sites (tertiary alicyclic amines) is 1. The number of aromatic hydroxyl groups is 1. The summed E-state index contributed by atoms with van der Waals surface area (Å²) in [4.78, 5) is 86.9. The zero-order valence-corrected chi connectivity index (χ0v) is 39.5. The molecule has 2 aromatic rings. The van der Waals surface area contributed by atoms with Crippen LogP contribution in [0.2, 0.25) is 0 Å². The van der Waals surface area contributed by atoms with Crippen molar-refractivity contribution in [1.29, 1.82) is 0 Å². The van der Waals surface area contributed by atoms with E-state index < -0.39 is 53.9 Å². The largest absolute Gasteiger partial charge is 0.506 e. The Morgan fingerprint density at radius 1 is 1.02 bits per heavy atom. The van der Waals surface area contributed by atoms with Gasteiger partial charge >= 0.3 is 11.9 Å². The number of nitrogens with one attached hydrogen (secondary N) is 3. The molecule has 7 N–H and O–H groups in total. The topological polar surface area (TPSA) is 252 Å². The van der Waals surface area contributed by atoms with Gasteiger partial charge < -0.3 is 51.0 Å². The number of piperidine rings is 1. The van der Waals surface area contributed by atoms with E-state index in [-0.39, 0.29) is 79.1 Å². The van der Waals surface area contributed by atoms with E-state index >= 15 is 0 Å². The second-order valence-electron chi connectivity index (χ2n) is 17.0. The fraction of sp³-hybridized carbons (Fsp3) is 0.667. The average Bonchev–Trinajstić information content (AvgIpc) is 3.75. The Labute approximate surface area is 381 Å². The quantitative estimate of drug-likeness (QED) is 0.0419. The lowest BCUT2D eigenvalue weighted by molar-refractivity contribution is -0.149. The number of nitrogens with zero attached hydrogens (tertiary/aromatic N) is 3. The summed E-state index contributed by atoms with van der Waals surface area (Å²) in [6.45, 7) is 13.0. The molecule has 1 aliphatic rings. The maximum atomic E-state index is 14.3. The Hall–Kier alpha value is -4.69. The molecule has 0 aliphatic carbocycles. The molecule has 0 radical (unpaired) electrons. The van der Waals surface area contributed by atoms with Gasteiger partial charge in [0.25, 0.3) is 5.91 Å². The Bertz CT molecular complexity index is 1840. The number of phenols is 1. The van der Waals surface area contributed by atoms with Crippen molar-refractivity contribution >= 4 is 52.6 Å². The van der Waals surface area contributed by atoms with E-state index in [1.165, 1.54) is 25.3 Å². The Morgan fingerprint density at radius 3 is 2.34 bits per heavy atom. The lowest BCUT2D eigenvalue weighted by Gasteiger charge is -2.38. The third kappa shape index (κ3) is 17.0. The number of aromatic nitrogens is 1. The second kappa shape index (κ2) is 26.9. The molecule has 7 atom stereocenters. The molecule has 1 saturated heterocycles. The fourth-order valence-electron chi connectivity index (χ4n) is 7.62. The van der Waals surface area contributed by atoms with Crippen molar-refractivity contribution in [3.63, 3.8) is 0 Å². The number of anilines is 1. The predicted molar refractivity (Wildman–Crippen MR) is 243 cm³/mol. The van der Waals surface area contributed by atoms with Gasteiger partial charge in [-0.3, -0.25) is 33.7 Å². The van der Waals surface area contributed by atoms with Gasteiger partial charge in [-0.2, -0.15) is 0 Å². The third-order valence-corrected chi connectivity index (χ3v) is 12.5. The monoisotopic (exact) mass is 917 g/mol. The number of likely N-dealkylation sites (N-methyl/N-ethyl adjacent to an activating group) is 2. The van der Waals surface area contributed by atoms with Crippen LogP contribution in [-0.2, 0) is 44.6 Å². The summed E-state index contributed by atoms with van der Waals surface area (Å²) < 4.78 is 16.5. The van der Waals surface area contributed by atoms with Crippen LogP contribution in [0.3, 0.4) is 0 Å². The SMILES string of the molecule is CC[C@H](C)[C@H](NC(=O)[C@H]1CCCCN1C)C(=O)N(C)[C@H](C[C@@H](OC(C)=O)c1nc(C(=O)N[C@@H](Cc2ccc(O)c(NC(=O)CCOCCOCCN)c2)CC(C)C(=O)O)cs1)C(C)C. The molecule has 4 amide bonds. The van der Waals surface area contributed by atoms with Crippen molar-refractivity contribution in [3.05, 3.63) is 39.8 Å². The van der Waals surface area contributed by atoms with Crippen LogP contribution in [0.4, 0.5) is 5.69 Å². The van der Waals surface area contributed by atoms with Crippen molar-refractivity contribution in [2.24, 2.45) is 23.5 Å². The fourth-order valence-corrected chi connectivity index (χ4v) is 8.46. The van der Waals surface area contributed by atoms with Gasteiger partial charge in [0.05, 0.1) is 50.5 Å². The Morgan fingerprint density at radius 2 is 1.72 bits per heavy atom. The first kappa shape index (κ1) is 53.6. The summed E-state index contributed by atoms with van der Waals surface area (Å²) >= 11 is 1.12. The highest BCUT2D eigenvalue weighted by molar-refractivity contribution is 7.09. The van der Waals surface area contributed by atoms with Gasteiger partial charge in [-0.1, -0.05) is 53.5 Å². The number of carboxylic acids is 1. The van der Waals surface area contributed by atoms with Crippen molar-refractivity contribution in [3.8, 4) is 5.75 Å². The number of hydrogen-bond donors (Lipinski definition) is 6. The van der Waals surface area contributed by atoms with Crippen molar-refractivity contribution in [1.82, 2.24) is 25.4 Å². The molecule has 1 aliphatic heterocycles. The number of thiazole rings is 1. The first-order valence-corrected chi connectivity index (χ1v) is 23.1. The lowest BCUT2D eigenvalue weighted by atomic mass is 9.92. The Balaban J connectivity index is 1.78. The molecule has 2 heterocycles. The number of phenolic OH excluding ortho intramolecular Hbond substituents is 1. The first-order chi connectivity index (χ1) is 30.4. The number of carboxylic acid groups (broad SMARTS) is 1. The van der Waals surface area contributed by atoms with Crippen molar-refractivity contribution in [2.75, 3.05) is 58.9 Å². The number of nitrogens with two attached hydrogens (primary N) is 1. The van der Waals surface area contributed by atoms with Crippen molar-refractivity contribution in [2.45, 2.75) is 123 Å². The van der Waals surface area contributed by atoms with Crippen LogP contribution in [0, 0.1) is 17.8 Å². The minimum absolute atomic E-state index is 0.0210. The van der Waals surface area contributed by atoms with Crippen LogP contribution in [0.25, 0.3) is 0 Å². The summed E-state index contributed by atoms with van der Waals surface area (Å²) in [7, 11) is 3.61. The molecule has 1 unspecified atom stereocenters. The van der Waals surface area contributed by atoms with E-state index in [0.717, 1.165) is 37.1 Å². The highest BCUT2D eigenvalue weighted by atomic mass is 32.1. The van der Waals surface area contributed by atoms with E-state index in [9.17, 15) is 39.0 Å². The molecule has 0 bridgehead atoms. The van der Waals surface area contributed by atoms with Crippen LogP contribution >= 0.6 is 11.3 Å². The molecule has 0 spiro atoms. The molecular weight excluding hydrogens is 847 g/mol. The smallest absolute Gasteiger partial charge is 0.306 e. The van der Waals surface area contributed by atoms with Gasteiger partial charge in [-0.15, -0.1) is 11.3 Å². The normalized spacial score (nSPS) is 17.1. The third-order valence-electron chi connectivity index (χ3n) is 11.6. The molecule has 18 nitrogen and oxygen atoms in total. The molecule has 358 valence electrons. The number of carbonyl (C=O) groups excluding carboxylic acids is 5. The molecule has 1 aromatic heterocycles. The van der Waals surface area contributed by atoms with E-state index in [0.29, 0.717) is 43.4 Å². The zero-order valence-electron chi connectivity index (χ0n) is 38.7. The van der Waals surface area contributed by atoms with Gasteiger partial charge in [-0.25, -0.2) is 4.98 Å². The minimum atomic E-state index is -1.05. The van der Waals surface area contributed by atoms with Crippen LogP contribution in [-0.4, -0.2) is 138 Å². The minimum Gasteiger partial charge on any atom is -0.506 e. The number of benzene rings is 1. The molecular formula is C45H71N7O11S. The molecule has 64 heavy (non-hydrogen) atoms. The van der Waals surface area contributed by atoms with E-state index in [1.54, 1.807) is 24.1 Å². The zero-order chi connectivity index (χ0) is 47.5. The van der Waals surface area contributed by atoms with Crippen LogP contribution in [0.5, 0.6) is 5.75 Å². The van der Waals surface area contributed by atoms with Crippen LogP contribution in [0.1, 0.15) is 114 Å². The summed E-state index contributed by atoms with van der Waals surface area (Å²) in [5, 5.41) is 30.8. The average molecular weight is 918 g/mol. The molecule has 3 rings (SSSR count). The number of esters is 1. The number of hydrogen-bond acceptors (Lipinski definition) is 14. The maximum Gasteiger partial charge on any atom is 0.306 e. The Kier molecular flexibility index (Phi) is 22.6. The number of ether oxygens (including phenoxy) is 3. The van der Waals surface area contributed by atoms with Crippen LogP contribution < -0.4 is 21.7 Å². The van der Waals surface area contributed by atoms with Gasteiger partial charge in [0.15, 0.2) is 6.10 Å². The summed E-state index contributed by atoms with van der Waals surface area (Å²) in [6, 6.07) is 2.34. The highest BCUT2D eigenvalue weighted by Gasteiger charge is 2.37. The maximum absolute atomic E-state index is 14.3. The highest BCUT2D eigenvalue weighted by Crippen LogP contribution is 2.32. The number of aliphatic carboxylic acids is 1. The summed E-state index contributed by atoms with van der Waals surface area (Å²) in [5.74, 6) is -4.31. The standard InChI is InChI=1S/C45H71N7O11S/c1-9-28(4)40(50-42(57)35-12-10-11-17-51(35)7)44(58)52(8)36(27(2)3)25-38(63-30(6)53)43-49-34(26-64-43)41(56)47-32(22-29(5)45(59)60)23-31-13-14-37(54)33(24-31)48-39(55)15-18-61-20-21-62-19-16-46/h13-14,24,26-29,32,35-36,38,40,54H,9-12,15-23,25,46H2,1-8H3,(H,47,56)(H,48,55)(H,50,57)(H,59,60)/t28-,29?,32+,35+,36+,38+,40-/m0/s1. The predicted octanol–water partition coefficient (Wildman–Crippen LogP) is 4.11. The van der Waals surface area contributed by atoms with Crippen molar-refractivity contribution < 1.29 is 53.2 Å². The number of carbonyl (C=O) groups is 6. The molecule has 1 aromatic carbocycles. The molecule has 1 fully saturated rings. The second-order valence-corrected chi connectivity index (χ2v) is 17.9. The van der Waals surface area contributed by atoms with E-state index in [2.05, 4.69) is 20.9 Å². The van der Waals surface area contributed by atoms with Gasteiger partial charge in [0.1, 0.15) is 22.5 Å². The number of amides is 4. The summed E-state index contributed by atoms with van der Waals surface area (Å²) in [6.07, 6.45) is 2.80. The summed E-state index contributed by atoms with van der Waals surface area (Å²) in [5.41, 5.74) is 6.16. The molecule has 0 saturated carbocycles. The van der Waals surface area contributed by atoms with Gasteiger partial charge in [0, 0.05) is 44.4 Å². The van der Waals surface area contributed by atoms with Gasteiger partial charge in [-0.05, 0) is 68.8 Å². The van der Waals surface area contributed by atoms with E-state index in [4.69, 9.17) is 19.9 Å². The van der Waals surface area contributed by atoms with E-state index in [1.807, 2.05) is 39.6 Å². The lowest BCUT2D eigenvalue weighted by Crippen LogP contribution is -2.58.